The predicted molar refractivity (Wildman–Crippen MR) is 61.9 cm³/mol. The minimum Gasteiger partial charge on any atom is -0.293 e. The van der Waals surface area contributed by atoms with E-state index in [0.29, 0.717) is 10.6 Å². The van der Waals surface area contributed by atoms with Crippen molar-refractivity contribution >= 4 is 60.8 Å². The SMILES string of the molecule is O=C(CCl)c1cc(Cl)c(Br)c(Br)c1. The van der Waals surface area contributed by atoms with Crippen molar-refractivity contribution in [2.24, 2.45) is 0 Å². The van der Waals surface area contributed by atoms with Gasteiger partial charge in [0, 0.05) is 10.0 Å². The Labute approximate surface area is 103 Å². The maximum Gasteiger partial charge on any atom is 0.177 e. The number of carbonyl (C=O) groups is 1. The van der Waals surface area contributed by atoms with Crippen LogP contribution in [0.5, 0.6) is 0 Å². The Morgan fingerprint density at radius 1 is 1.38 bits per heavy atom. The van der Waals surface area contributed by atoms with Crippen molar-refractivity contribution < 1.29 is 4.79 Å². The lowest BCUT2D eigenvalue weighted by molar-refractivity contribution is 0.102. The third kappa shape index (κ3) is 2.69. The van der Waals surface area contributed by atoms with Crippen LogP contribution in [0.3, 0.4) is 0 Å². The molecule has 0 N–H and O–H groups in total. The fourth-order valence-electron chi connectivity index (χ4n) is 0.794. The highest BCUT2D eigenvalue weighted by Crippen LogP contribution is 2.32. The molecule has 13 heavy (non-hydrogen) atoms. The lowest BCUT2D eigenvalue weighted by Gasteiger charge is -2.02. The molecule has 0 saturated carbocycles. The van der Waals surface area contributed by atoms with Crippen LogP contribution in [0.2, 0.25) is 5.02 Å². The molecule has 0 heterocycles. The van der Waals surface area contributed by atoms with E-state index < -0.39 is 0 Å². The number of halogens is 4. The lowest BCUT2D eigenvalue weighted by atomic mass is 10.1. The second-order valence-corrected chi connectivity index (χ2v) is 4.63. The van der Waals surface area contributed by atoms with Crippen LogP contribution in [0.15, 0.2) is 21.1 Å². The van der Waals surface area contributed by atoms with E-state index in [0.717, 1.165) is 8.95 Å². The number of alkyl halides is 1. The van der Waals surface area contributed by atoms with Gasteiger partial charge in [-0.05, 0) is 44.0 Å². The quantitative estimate of drug-likeness (QED) is 0.443. The average molecular weight is 347 g/mol. The smallest absolute Gasteiger partial charge is 0.177 e. The molecule has 0 aromatic heterocycles. The van der Waals surface area contributed by atoms with Crippen LogP contribution in [0.25, 0.3) is 0 Å². The molecule has 0 atom stereocenters. The first kappa shape index (κ1) is 11.5. The molecule has 1 rings (SSSR count). The minimum absolute atomic E-state index is 0.0373. The summed E-state index contributed by atoms with van der Waals surface area (Å²) in [5, 5.41) is 0.489. The Kier molecular flexibility index (Phi) is 4.23. The van der Waals surface area contributed by atoms with Crippen LogP contribution in [-0.4, -0.2) is 11.7 Å². The van der Waals surface area contributed by atoms with Gasteiger partial charge in [-0.3, -0.25) is 4.79 Å². The summed E-state index contributed by atoms with van der Waals surface area (Å²) in [7, 11) is 0. The van der Waals surface area contributed by atoms with Crippen LogP contribution < -0.4 is 0 Å². The van der Waals surface area contributed by atoms with Gasteiger partial charge in [0.1, 0.15) is 0 Å². The maximum absolute atomic E-state index is 11.2. The summed E-state index contributed by atoms with van der Waals surface area (Å²) in [6.45, 7) is 0. The van der Waals surface area contributed by atoms with Crippen LogP contribution in [0, 0.1) is 0 Å². The number of hydrogen-bond acceptors (Lipinski definition) is 1. The maximum atomic E-state index is 11.2. The van der Waals surface area contributed by atoms with E-state index in [4.69, 9.17) is 23.2 Å². The fourth-order valence-corrected chi connectivity index (χ4v) is 1.97. The fraction of sp³-hybridized carbons (Fsp3) is 0.125. The van der Waals surface area contributed by atoms with Crippen LogP contribution in [-0.2, 0) is 0 Å². The highest BCUT2D eigenvalue weighted by atomic mass is 79.9. The number of ketones is 1. The summed E-state index contributed by atoms with van der Waals surface area (Å²) in [6, 6.07) is 3.27. The Morgan fingerprint density at radius 3 is 2.46 bits per heavy atom. The second kappa shape index (κ2) is 4.78. The van der Waals surface area contributed by atoms with Gasteiger partial charge in [-0.15, -0.1) is 11.6 Å². The molecule has 0 saturated heterocycles. The zero-order chi connectivity index (χ0) is 10.0. The molecule has 0 amide bonds. The van der Waals surface area contributed by atoms with Crippen molar-refractivity contribution in [2.75, 3.05) is 5.88 Å². The van der Waals surface area contributed by atoms with E-state index >= 15 is 0 Å². The topological polar surface area (TPSA) is 17.1 Å². The molecule has 0 unspecified atom stereocenters. The molecule has 0 bridgehead atoms. The van der Waals surface area contributed by atoms with Crippen molar-refractivity contribution in [3.63, 3.8) is 0 Å². The Bertz CT molecular complexity index is 329. The van der Waals surface area contributed by atoms with Crippen LogP contribution in [0.1, 0.15) is 10.4 Å². The average Bonchev–Trinajstić information content (AvgIpc) is 2.12. The van der Waals surface area contributed by atoms with Crippen molar-refractivity contribution in [2.45, 2.75) is 0 Å². The monoisotopic (exact) mass is 344 g/mol. The molecule has 1 nitrogen and oxygen atoms in total. The van der Waals surface area contributed by atoms with Gasteiger partial charge in [-0.2, -0.15) is 0 Å². The summed E-state index contributed by atoms with van der Waals surface area (Å²) in [6.07, 6.45) is 0. The number of benzene rings is 1. The molecule has 0 radical (unpaired) electrons. The van der Waals surface area contributed by atoms with Gasteiger partial charge in [-0.1, -0.05) is 11.6 Å². The highest BCUT2D eigenvalue weighted by Gasteiger charge is 2.09. The molecule has 0 aliphatic heterocycles. The van der Waals surface area contributed by atoms with Crippen molar-refractivity contribution in [3.8, 4) is 0 Å². The number of rotatable bonds is 2. The molecule has 0 aliphatic carbocycles. The molecule has 0 aliphatic rings. The van der Waals surface area contributed by atoms with E-state index in [2.05, 4.69) is 31.9 Å². The molecular weight excluding hydrogens is 343 g/mol. The van der Waals surface area contributed by atoms with E-state index in [1.807, 2.05) is 0 Å². The summed E-state index contributed by atoms with van der Waals surface area (Å²) >= 11 is 17.8. The molecule has 1 aromatic rings. The lowest BCUT2D eigenvalue weighted by Crippen LogP contribution is -2.00. The first-order valence-electron chi connectivity index (χ1n) is 3.30. The predicted octanol–water partition coefficient (Wildman–Crippen LogP) is 4.29. The Morgan fingerprint density at radius 2 is 2.00 bits per heavy atom. The van der Waals surface area contributed by atoms with Gasteiger partial charge in [0.05, 0.1) is 15.4 Å². The first-order chi connectivity index (χ1) is 6.06. The molecule has 0 fully saturated rings. The van der Waals surface area contributed by atoms with Crippen molar-refractivity contribution in [1.82, 2.24) is 0 Å². The third-order valence-corrected chi connectivity index (χ3v) is 4.21. The van der Waals surface area contributed by atoms with E-state index in [-0.39, 0.29) is 11.7 Å². The molecule has 5 heteroatoms. The van der Waals surface area contributed by atoms with Crippen molar-refractivity contribution in [3.05, 3.63) is 31.7 Å². The normalized spacial score (nSPS) is 10.2. The third-order valence-electron chi connectivity index (χ3n) is 1.43. The number of carbonyl (C=O) groups excluding carboxylic acids is 1. The zero-order valence-corrected chi connectivity index (χ0v) is 11.0. The van der Waals surface area contributed by atoms with E-state index in [1.165, 1.54) is 0 Å². The second-order valence-electron chi connectivity index (χ2n) is 2.31. The van der Waals surface area contributed by atoms with Gasteiger partial charge >= 0.3 is 0 Å². The number of hydrogen-bond donors (Lipinski definition) is 0. The molecular formula is C8H4Br2Cl2O. The van der Waals surface area contributed by atoms with E-state index in [9.17, 15) is 4.79 Å². The molecule has 0 spiro atoms. The van der Waals surface area contributed by atoms with Gasteiger partial charge < -0.3 is 0 Å². The Hall–Kier alpha value is 0.430. The van der Waals surface area contributed by atoms with Crippen LogP contribution in [0.4, 0.5) is 0 Å². The van der Waals surface area contributed by atoms with Gasteiger partial charge in [0.2, 0.25) is 0 Å². The standard InChI is InChI=1S/C8H4Br2Cl2O/c9-5-1-4(7(13)3-11)2-6(12)8(5)10/h1-2H,3H2. The van der Waals surface area contributed by atoms with Gasteiger partial charge in [-0.25, -0.2) is 0 Å². The van der Waals surface area contributed by atoms with Crippen molar-refractivity contribution in [1.29, 1.82) is 0 Å². The largest absolute Gasteiger partial charge is 0.293 e. The highest BCUT2D eigenvalue weighted by molar-refractivity contribution is 9.13. The molecule has 70 valence electrons. The summed E-state index contributed by atoms with van der Waals surface area (Å²) in [5.41, 5.74) is 0.509. The molecule has 1 aromatic carbocycles. The summed E-state index contributed by atoms with van der Waals surface area (Å²) in [5.74, 6) is -0.179. The van der Waals surface area contributed by atoms with Gasteiger partial charge in [0.25, 0.3) is 0 Å². The number of Topliss-reactive ketones (excluding diaryl/α,β-unsaturated/α-hetero) is 1. The van der Waals surface area contributed by atoms with Crippen LogP contribution >= 0.6 is 55.1 Å². The summed E-state index contributed by atoms with van der Waals surface area (Å²) in [4.78, 5) is 11.2. The summed E-state index contributed by atoms with van der Waals surface area (Å²) < 4.78 is 1.48. The van der Waals surface area contributed by atoms with E-state index in [1.54, 1.807) is 12.1 Å². The van der Waals surface area contributed by atoms with Gasteiger partial charge in [0.15, 0.2) is 5.78 Å². The Balaban J connectivity index is 3.20. The first-order valence-corrected chi connectivity index (χ1v) is 5.80. The zero-order valence-electron chi connectivity index (χ0n) is 6.28. The minimum atomic E-state index is -0.142.